The van der Waals surface area contributed by atoms with Crippen LogP contribution in [0.3, 0.4) is 0 Å². The molecule has 0 radical (unpaired) electrons. The Bertz CT molecular complexity index is 771. The normalized spacial score (nSPS) is 11.4. The Morgan fingerprint density at radius 2 is 2.00 bits per heavy atom. The van der Waals surface area contributed by atoms with E-state index in [-0.39, 0.29) is 30.0 Å². The number of terminal acetylenes is 1. The predicted molar refractivity (Wildman–Crippen MR) is 85.3 cm³/mol. The van der Waals surface area contributed by atoms with Gasteiger partial charge < -0.3 is 15.2 Å². The van der Waals surface area contributed by atoms with E-state index in [1.165, 1.54) is 30.3 Å². The molecule has 6 heteroatoms. The average molecular weight is 331 g/mol. The molecule has 124 valence electrons. The van der Waals surface area contributed by atoms with Crippen LogP contribution in [0.25, 0.3) is 0 Å². The zero-order valence-corrected chi connectivity index (χ0v) is 12.6. The van der Waals surface area contributed by atoms with Gasteiger partial charge in [0.05, 0.1) is 18.2 Å². The van der Waals surface area contributed by atoms with E-state index >= 15 is 0 Å². The molecule has 0 spiro atoms. The van der Waals surface area contributed by atoms with Crippen LogP contribution in [0.15, 0.2) is 42.5 Å². The van der Waals surface area contributed by atoms with Crippen molar-refractivity contribution in [2.24, 2.45) is 0 Å². The lowest BCUT2D eigenvalue weighted by Crippen LogP contribution is -2.16. The van der Waals surface area contributed by atoms with Crippen molar-refractivity contribution < 1.29 is 23.4 Å². The van der Waals surface area contributed by atoms with Crippen LogP contribution in [0.5, 0.6) is 5.75 Å². The molecule has 0 aromatic heterocycles. The molecule has 24 heavy (non-hydrogen) atoms. The number of anilines is 1. The summed E-state index contributed by atoms with van der Waals surface area (Å²) in [7, 11) is 0. The van der Waals surface area contributed by atoms with Crippen LogP contribution in [0, 0.1) is 24.0 Å². The SMILES string of the molecule is C#CCOc1ccc(F)cc1NC(=O)CC(O)c1cccc(F)c1. The van der Waals surface area contributed by atoms with Crippen LogP contribution < -0.4 is 10.1 Å². The molecule has 2 rings (SSSR count). The summed E-state index contributed by atoms with van der Waals surface area (Å²) < 4.78 is 31.7. The van der Waals surface area contributed by atoms with Crippen molar-refractivity contribution in [2.45, 2.75) is 12.5 Å². The van der Waals surface area contributed by atoms with Gasteiger partial charge in [-0.1, -0.05) is 18.1 Å². The summed E-state index contributed by atoms with van der Waals surface area (Å²) in [5.74, 6) is 0.819. The number of aliphatic hydroxyl groups excluding tert-OH is 1. The van der Waals surface area contributed by atoms with E-state index in [1.807, 2.05) is 0 Å². The number of hydrogen-bond donors (Lipinski definition) is 2. The van der Waals surface area contributed by atoms with Crippen LogP contribution in [0.1, 0.15) is 18.1 Å². The molecule has 4 nitrogen and oxygen atoms in total. The summed E-state index contributed by atoms with van der Waals surface area (Å²) in [5.41, 5.74) is 0.370. The Hall–Kier alpha value is -2.91. The first-order valence-corrected chi connectivity index (χ1v) is 7.09. The molecule has 2 aromatic carbocycles. The summed E-state index contributed by atoms with van der Waals surface area (Å²) in [4.78, 5) is 12.0. The maximum atomic E-state index is 13.4. The lowest BCUT2D eigenvalue weighted by molar-refractivity contribution is -0.118. The fourth-order valence-corrected chi connectivity index (χ4v) is 2.05. The lowest BCUT2D eigenvalue weighted by atomic mass is 10.1. The minimum absolute atomic E-state index is 0.0412. The summed E-state index contributed by atoms with van der Waals surface area (Å²) in [6.45, 7) is -0.0412. The number of carbonyl (C=O) groups is 1. The van der Waals surface area contributed by atoms with Crippen molar-refractivity contribution in [3.05, 3.63) is 59.7 Å². The molecule has 0 heterocycles. The summed E-state index contributed by atoms with van der Waals surface area (Å²) in [6, 6.07) is 8.90. The number of ether oxygens (including phenoxy) is 1. The minimum Gasteiger partial charge on any atom is -0.479 e. The highest BCUT2D eigenvalue weighted by molar-refractivity contribution is 5.92. The Kier molecular flexibility index (Phi) is 5.88. The molecule has 1 amide bonds. The van der Waals surface area contributed by atoms with Gasteiger partial charge in [0.2, 0.25) is 5.91 Å². The van der Waals surface area contributed by atoms with Crippen LogP contribution in [-0.2, 0) is 4.79 Å². The topological polar surface area (TPSA) is 58.6 Å². The second kappa shape index (κ2) is 8.09. The van der Waals surface area contributed by atoms with Gasteiger partial charge in [-0.3, -0.25) is 4.79 Å². The largest absolute Gasteiger partial charge is 0.479 e. The molecule has 0 saturated carbocycles. The highest BCUT2D eigenvalue weighted by atomic mass is 19.1. The van der Waals surface area contributed by atoms with Crippen LogP contribution in [-0.4, -0.2) is 17.6 Å². The Morgan fingerprint density at radius 3 is 2.71 bits per heavy atom. The first kappa shape index (κ1) is 17.4. The molecule has 1 unspecified atom stereocenters. The quantitative estimate of drug-likeness (QED) is 0.800. The monoisotopic (exact) mass is 331 g/mol. The van der Waals surface area contributed by atoms with Gasteiger partial charge in [-0.2, -0.15) is 0 Å². The zero-order chi connectivity index (χ0) is 17.5. The molecule has 0 saturated heterocycles. The number of hydrogen-bond acceptors (Lipinski definition) is 3. The first-order chi connectivity index (χ1) is 11.5. The Labute approximate surface area is 138 Å². The molecule has 2 N–H and O–H groups in total. The number of halogens is 2. The standard InChI is InChI=1S/C18H15F2NO3/c1-2-8-24-17-7-6-14(20)10-15(17)21-18(23)11-16(22)12-4-3-5-13(19)9-12/h1,3-7,9-10,16,22H,8,11H2,(H,21,23). The maximum Gasteiger partial charge on any atom is 0.227 e. The van der Waals surface area contributed by atoms with Crippen LogP contribution in [0.4, 0.5) is 14.5 Å². The van der Waals surface area contributed by atoms with E-state index in [4.69, 9.17) is 11.2 Å². The van der Waals surface area contributed by atoms with Gasteiger partial charge in [0.1, 0.15) is 24.0 Å². The number of benzene rings is 2. The summed E-state index contributed by atoms with van der Waals surface area (Å²) >= 11 is 0. The fourth-order valence-electron chi connectivity index (χ4n) is 2.05. The number of amides is 1. The van der Waals surface area contributed by atoms with E-state index in [9.17, 15) is 18.7 Å². The summed E-state index contributed by atoms with van der Waals surface area (Å²) in [6.07, 6.45) is 3.58. The van der Waals surface area contributed by atoms with Gasteiger partial charge in [0, 0.05) is 6.07 Å². The van der Waals surface area contributed by atoms with Crippen molar-refractivity contribution in [3.63, 3.8) is 0 Å². The van der Waals surface area contributed by atoms with Gasteiger partial charge in [-0.15, -0.1) is 6.42 Å². The highest BCUT2D eigenvalue weighted by Crippen LogP contribution is 2.26. The highest BCUT2D eigenvalue weighted by Gasteiger charge is 2.16. The molecule has 1 atom stereocenters. The van der Waals surface area contributed by atoms with E-state index in [1.54, 1.807) is 0 Å². The Balaban J connectivity index is 2.06. The third kappa shape index (κ3) is 4.80. The number of nitrogens with one attached hydrogen (secondary N) is 1. The van der Waals surface area contributed by atoms with Crippen LogP contribution in [0.2, 0.25) is 0 Å². The molecule has 0 aliphatic rings. The van der Waals surface area contributed by atoms with Gasteiger partial charge in [-0.25, -0.2) is 8.78 Å². The van der Waals surface area contributed by atoms with Crippen molar-refractivity contribution in [1.82, 2.24) is 0 Å². The number of carbonyl (C=O) groups excluding carboxylic acids is 1. The molecule has 2 aromatic rings. The Morgan fingerprint density at radius 1 is 1.25 bits per heavy atom. The van der Waals surface area contributed by atoms with E-state index in [2.05, 4.69) is 11.2 Å². The number of rotatable bonds is 6. The third-order valence-corrected chi connectivity index (χ3v) is 3.14. The predicted octanol–water partition coefficient (Wildman–Crippen LogP) is 3.04. The van der Waals surface area contributed by atoms with E-state index in [0.717, 1.165) is 12.1 Å². The van der Waals surface area contributed by atoms with Crippen molar-refractivity contribution in [2.75, 3.05) is 11.9 Å². The van der Waals surface area contributed by atoms with Gasteiger partial charge in [0.25, 0.3) is 0 Å². The lowest BCUT2D eigenvalue weighted by Gasteiger charge is -2.14. The van der Waals surface area contributed by atoms with Crippen molar-refractivity contribution in [3.8, 4) is 18.1 Å². The van der Waals surface area contributed by atoms with Gasteiger partial charge >= 0.3 is 0 Å². The third-order valence-electron chi connectivity index (χ3n) is 3.14. The fraction of sp³-hybridized carbons (Fsp3) is 0.167. The summed E-state index contributed by atoms with van der Waals surface area (Å²) in [5, 5.41) is 12.4. The van der Waals surface area contributed by atoms with Gasteiger partial charge in [0.15, 0.2) is 0 Å². The van der Waals surface area contributed by atoms with E-state index < -0.39 is 23.6 Å². The molecule has 0 bridgehead atoms. The molecular weight excluding hydrogens is 316 g/mol. The van der Waals surface area contributed by atoms with Crippen molar-refractivity contribution >= 4 is 11.6 Å². The van der Waals surface area contributed by atoms with Gasteiger partial charge in [-0.05, 0) is 29.8 Å². The minimum atomic E-state index is -1.19. The first-order valence-electron chi connectivity index (χ1n) is 7.09. The second-order valence-corrected chi connectivity index (χ2v) is 4.96. The molecule has 0 fully saturated rings. The second-order valence-electron chi connectivity index (χ2n) is 4.96. The van der Waals surface area contributed by atoms with Crippen molar-refractivity contribution in [1.29, 1.82) is 0 Å². The number of aliphatic hydroxyl groups is 1. The zero-order valence-electron chi connectivity index (χ0n) is 12.6. The average Bonchev–Trinajstić information content (AvgIpc) is 2.54. The smallest absolute Gasteiger partial charge is 0.227 e. The van der Waals surface area contributed by atoms with E-state index in [0.29, 0.717) is 0 Å². The molecular formula is C18H15F2NO3. The molecule has 0 aliphatic carbocycles. The van der Waals surface area contributed by atoms with Crippen LogP contribution >= 0.6 is 0 Å². The maximum absolute atomic E-state index is 13.4. The molecule has 0 aliphatic heterocycles.